The molecule has 0 saturated carbocycles. The largest absolute Gasteiger partial charge is 0.473 e. The van der Waals surface area contributed by atoms with Crippen LogP contribution in [0.4, 0.5) is 23.2 Å². The molecule has 0 radical (unpaired) electrons. The molecule has 2 aromatic carbocycles. The first-order valence-corrected chi connectivity index (χ1v) is 12.9. The lowest BCUT2D eigenvalue weighted by Gasteiger charge is -2.16. The molecule has 0 saturated heterocycles. The molecule has 0 spiro atoms. The first-order valence-electron chi connectivity index (χ1n) is 11.4. The van der Waals surface area contributed by atoms with Crippen LogP contribution in [0, 0.1) is 18.7 Å². The lowest BCUT2D eigenvalue weighted by molar-refractivity contribution is -0.137. The Morgan fingerprint density at radius 2 is 1.79 bits per heavy atom. The molecule has 1 amide bonds. The normalized spacial score (nSPS) is 13.3. The molecular formula is C25H25F4N2O7P. The van der Waals surface area contributed by atoms with Crippen LogP contribution in [0.5, 0.6) is 11.5 Å². The number of rotatable bonds is 10. The summed E-state index contributed by atoms with van der Waals surface area (Å²) >= 11 is 0. The Labute approximate surface area is 220 Å². The molecule has 2 N–H and O–H groups in total. The lowest BCUT2D eigenvalue weighted by atomic mass is 10.1. The van der Waals surface area contributed by atoms with Crippen LogP contribution in [-0.4, -0.2) is 22.0 Å². The van der Waals surface area contributed by atoms with Gasteiger partial charge < -0.3 is 14.9 Å². The summed E-state index contributed by atoms with van der Waals surface area (Å²) in [5.74, 6) is -1.92. The summed E-state index contributed by atoms with van der Waals surface area (Å²) in [6.07, 6.45) is -3.55. The van der Waals surface area contributed by atoms with Crippen LogP contribution in [0.15, 0.2) is 59.5 Å². The van der Waals surface area contributed by atoms with Gasteiger partial charge >= 0.3 is 14.0 Å². The molecule has 14 heteroatoms. The minimum Gasteiger partial charge on any atom is -0.456 e. The number of ether oxygens (including phenoxy) is 1. The second-order valence-corrected chi connectivity index (χ2v) is 10.3. The molecule has 3 rings (SSSR count). The maximum atomic E-state index is 13.5. The van der Waals surface area contributed by atoms with Crippen molar-refractivity contribution < 1.29 is 45.6 Å². The molecule has 3 aromatic rings. The monoisotopic (exact) mass is 572 g/mol. The Morgan fingerprint density at radius 1 is 1.08 bits per heavy atom. The quantitative estimate of drug-likeness (QED) is 0.223. The minimum atomic E-state index is -4.73. The molecular weight excluding hydrogens is 547 g/mol. The van der Waals surface area contributed by atoms with Crippen LogP contribution in [0.2, 0.25) is 0 Å². The van der Waals surface area contributed by atoms with Crippen molar-refractivity contribution in [1.82, 2.24) is 4.57 Å². The second kappa shape index (κ2) is 12.1. The third-order valence-electron chi connectivity index (χ3n) is 5.10. The van der Waals surface area contributed by atoms with Gasteiger partial charge in [0.05, 0.1) is 17.7 Å². The number of carbonyl (C=O) groups excluding carboxylic acids is 1. The number of anilines is 1. The first kappa shape index (κ1) is 30.0. The number of aryl methyl sites for hydroxylation is 1. The van der Waals surface area contributed by atoms with Crippen LogP contribution >= 0.6 is 7.82 Å². The van der Waals surface area contributed by atoms with Gasteiger partial charge in [0.15, 0.2) is 0 Å². The number of aromatic nitrogens is 1. The Hall–Kier alpha value is -3.51. The average Bonchev–Trinajstić information content (AvgIpc) is 2.83. The van der Waals surface area contributed by atoms with E-state index in [1.165, 1.54) is 25.3 Å². The van der Waals surface area contributed by atoms with E-state index in [1.54, 1.807) is 13.8 Å². The SMILES string of the molecule is Cc1cc(F)ccc1Oc1cc(C(F)(F)F)ccc1C(=O)Nc1ccn(COP(=O)(O)OCC(C)C)c(=O)c1. The van der Waals surface area contributed by atoms with Crippen LogP contribution in [0.1, 0.15) is 35.3 Å². The van der Waals surface area contributed by atoms with Gasteiger partial charge in [-0.05, 0) is 60.9 Å². The smallest absolute Gasteiger partial charge is 0.456 e. The van der Waals surface area contributed by atoms with E-state index in [0.29, 0.717) is 12.1 Å². The molecule has 1 unspecified atom stereocenters. The molecule has 0 aliphatic rings. The highest BCUT2D eigenvalue weighted by Gasteiger charge is 2.32. The van der Waals surface area contributed by atoms with Gasteiger partial charge in [0.1, 0.15) is 24.0 Å². The van der Waals surface area contributed by atoms with Gasteiger partial charge in [0.25, 0.3) is 11.5 Å². The van der Waals surface area contributed by atoms with Crippen molar-refractivity contribution in [2.75, 3.05) is 11.9 Å². The molecule has 0 aliphatic heterocycles. The number of benzene rings is 2. The third-order valence-corrected chi connectivity index (χ3v) is 6.01. The van der Waals surface area contributed by atoms with Gasteiger partial charge in [-0.3, -0.25) is 23.2 Å². The Balaban J connectivity index is 1.81. The van der Waals surface area contributed by atoms with Crippen molar-refractivity contribution in [2.24, 2.45) is 5.92 Å². The lowest BCUT2D eigenvalue weighted by Crippen LogP contribution is -2.22. The number of phosphoric ester groups is 1. The van der Waals surface area contributed by atoms with Crippen molar-refractivity contribution >= 4 is 19.4 Å². The highest BCUT2D eigenvalue weighted by molar-refractivity contribution is 7.47. The number of amides is 1. The summed E-state index contributed by atoms with van der Waals surface area (Å²) < 4.78 is 81.4. The van der Waals surface area contributed by atoms with Gasteiger partial charge in [0, 0.05) is 18.0 Å². The number of pyridine rings is 1. The van der Waals surface area contributed by atoms with E-state index in [4.69, 9.17) is 13.8 Å². The first-order chi connectivity index (χ1) is 18.1. The molecule has 1 aromatic heterocycles. The number of nitrogens with one attached hydrogen (secondary N) is 1. The molecule has 0 fully saturated rings. The minimum absolute atomic E-state index is 0.0201. The number of carbonyl (C=O) groups is 1. The maximum Gasteiger partial charge on any atom is 0.473 e. The highest BCUT2D eigenvalue weighted by atomic mass is 31.2. The van der Waals surface area contributed by atoms with E-state index < -0.39 is 49.3 Å². The zero-order valence-corrected chi connectivity index (χ0v) is 21.9. The van der Waals surface area contributed by atoms with Gasteiger partial charge in [-0.25, -0.2) is 8.96 Å². The van der Waals surface area contributed by atoms with E-state index in [-0.39, 0.29) is 35.1 Å². The zero-order valence-electron chi connectivity index (χ0n) is 21.0. The van der Waals surface area contributed by atoms with Crippen molar-refractivity contribution in [2.45, 2.75) is 33.7 Å². The van der Waals surface area contributed by atoms with Gasteiger partial charge in [-0.2, -0.15) is 13.2 Å². The van der Waals surface area contributed by atoms with Crippen molar-refractivity contribution in [3.05, 3.63) is 87.6 Å². The summed E-state index contributed by atoms with van der Waals surface area (Å²) in [7, 11) is -4.41. The number of hydrogen-bond acceptors (Lipinski definition) is 6. The van der Waals surface area contributed by atoms with E-state index in [9.17, 15) is 36.6 Å². The molecule has 1 heterocycles. The van der Waals surface area contributed by atoms with E-state index >= 15 is 0 Å². The third kappa shape index (κ3) is 8.49. The molecule has 1 atom stereocenters. The fourth-order valence-electron chi connectivity index (χ4n) is 3.12. The molecule has 39 heavy (non-hydrogen) atoms. The molecule has 0 aliphatic carbocycles. The van der Waals surface area contributed by atoms with Crippen LogP contribution in [-0.2, 0) is 26.5 Å². The summed E-state index contributed by atoms with van der Waals surface area (Å²) in [4.78, 5) is 35.0. The summed E-state index contributed by atoms with van der Waals surface area (Å²) in [6, 6.07) is 7.89. The van der Waals surface area contributed by atoms with Crippen LogP contribution in [0.25, 0.3) is 0 Å². The van der Waals surface area contributed by atoms with Crippen molar-refractivity contribution in [3.8, 4) is 11.5 Å². The summed E-state index contributed by atoms with van der Waals surface area (Å²) in [6.45, 7) is 4.36. The van der Waals surface area contributed by atoms with Crippen LogP contribution in [0.3, 0.4) is 0 Å². The Bertz CT molecular complexity index is 1460. The summed E-state index contributed by atoms with van der Waals surface area (Å²) in [5, 5.41) is 2.40. The van der Waals surface area contributed by atoms with Crippen molar-refractivity contribution in [1.29, 1.82) is 0 Å². The Morgan fingerprint density at radius 3 is 2.41 bits per heavy atom. The van der Waals surface area contributed by atoms with E-state index in [2.05, 4.69) is 5.32 Å². The molecule has 0 bridgehead atoms. The predicted octanol–water partition coefficient (Wildman–Crippen LogP) is 6.11. The molecule has 9 nitrogen and oxygen atoms in total. The number of phosphoric acid groups is 1. The predicted molar refractivity (Wildman–Crippen MR) is 133 cm³/mol. The molecule has 210 valence electrons. The second-order valence-electron chi connectivity index (χ2n) is 8.81. The van der Waals surface area contributed by atoms with Crippen molar-refractivity contribution in [3.63, 3.8) is 0 Å². The fraction of sp³-hybridized carbons (Fsp3) is 0.280. The zero-order chi connectivity index (χ0) is 29.0. The fourth-order valence-corrected chi connectivity index (χ4v) is 3.95. The number of nitrogens with zero attached hydrogens (tertiary/aromatic N) is 1. The highest BCUT2D eigenvalue weighted by Crippen LogP contribution is 2.43. The van der Waals surface area contributed by atoms with Crippen LogP contribution < -0.4 is 15.6 Å². The van der Waals surface area contributed by atoms with E-state index in [0.717, 1.165) is 28.8 Å². The topological polar surface area (TPSA) is 116 Å². The van der Waals surface area contributed by atoms with Gasteiger partial charge in [-0.15, -0.1) is 0 Å². The number of halogens is 4. The van der Waals surface area contributed by atoms with Gasteiger partial charge in [-0.1, -0.05) is 13.8 Å². The average molecular weight is 572 g/mol. The Kier molecular flexibility index (Phi) is 9.34. The van der Waals surface area contributed by atoms with Gasteiger partial charge in [0.2, 0.25) is 0 Å². The summed E-state index contributed by atoms with van der Waals surface area (Å²) in [5.41, 5.74) is -1.82. The number of hydrogen-bond donors (Lipinski definition) is 2. The maximum absolute atomic E-state index is 13.5. The number of alkyl halides is 3. The van der Waals surface area contributed by atoms with E-state index in [1.807, 2.05) is 0 Å². The standard InChI is InChI=1S/C25H25F4N2O7P/c1-15(2)13-36-39(34,35)37-14-31-9-8-19(12-23(31)32)30-24(33)20-6-4-17(25(27,28)29)11-22(20)38-21-7-5-18(26)10-16(21)3/h4-12,15H,13-14H2,1-3H3,(H,30,33)(H,34,35).